The monoisotopic (exact) mass is 676 g/mol. The molecule has 0 saturated heterocycles. The van der Waals surface area contributed by atoms with Crippen molar-refractivity contribution in [2.24, 2.45) is 0 Å². The molecule has 9 aromatic rings. The van der Waals surface area contributed by atoms with Crippen molar-refractivity contribution in [2.75, 3.05) is 0 Å². The second-order valence-electron chi connectivity index (χ2n) is 14.6. The summed E-state index contributed by atoms with van der Waals surface area (Å²) in [7, 11) is 0. The minimum Gasteiger partial charge on any atom is -0.228 e. The second kappa shape index (κ2) is 12.3. The molecule has 0 aliphatic heterocycles. The molecule has 0 fully saturated rings. The molecule has 1 aromatic heterocycles. The van der Waals surface area contributed by atoms with Gasteiger partial charge in [-0.1, -0.05) is 178 Å². The third-order valence-electron chi connectivity index (χ3n) is 11.1. The molecule has 0 N–H and O–H groups in total. The lowest BCUT2D eigenvalue weighted by Crippen LogP contribution is -2.14. The normalized spacial score (nSPS) is 12.9. The Balaban J connectivity index is 1.11. The number of benzene rings is 8. The maximum Gasteiger partial charge on any atom is 0.160 e. The van der Waals surface area contributed by atoms with Gasteiger partial charge in [0.25, 0.3) is 0 Å². The Kier molecular flexibility index (Phi) is 7.19. The van der Waals surface area contributed by atoms with Crippen LogP contribution in [0.4, 0.5) is 0 Å². The van der Waals surface area contributed by atoms with Crippen LogP contribution in [0.25, 0.3) is 88.8 Å². The molecule has 0 unspecified atom stereocenters. The molecular formula is C51H36N2. The summed E-state index contributed by atoms with van der Waals surface area (Å²) >= 11 is 0. The first-order valence-electron chi connectivity index (χ1n) is 18.3. The van der Waals surface area contributed by atoms with E-state index in [1.54, 1.807) is 0 Å². The van der Waals surface area contributed by atoms with E-state index in [2.05, 4.69) is 190 Å². The zero-order valence-electron chi connectivity index (χ0n) is 29.7. The number of aromatic nitrogens is 2. The minimum absolute atomic E-state index is 0.137. The Bertz CT molecular complexity index is 2830. The molecular weight excluding hydrogens is 641 g/mol. The van der Waals surface area contributed by atoms with Crippen LogP contribution in [0.5, 0.6) is 0 Å². The fraction of sp³-hybridized carbons (Fsp3) is 0.0588. The Labute approximate surface area is 310 Å². The second-order valence-corrected chi connectivity index (χ2v) is 14.6. The van der Waals surface area contributed by atoms with Crippen molar-refractivity contribution in [1.82, 2.24) is 9.97 Å². The van der Waals surface area contributed by atoms with E-state index in [1.807, 2.05) is 6.07 Å². The fourth-order valence-electron chi connectivity index (χ4n) is 8.38. The third-order valence-corrected chi connectivity index (χ3v) is 11.1. The Hall–Kier alpha value is -6.64. The van der Waals surface area contributed by atoms with Crippen LogP contribution in [0.15, 0.2) is 182 Å². The summed E-state index contributed by atoms with van der Waals surface area (Å²) in [6.07, 6.45) is 0. The molecule has 8 aromatic carbocycles. The van der Waals surface area contributed by atoms with E-state index in [-0.39, 0.29) is 5.41 Å². The van der Waals surface area contributed by atoms with Crippen LogP contribution in [0, 0.1) is 0 Å². The highest BCUT2D eigenvalue weighted by molar-refractivity contribution is 6.05. The van der Waals surface area contributed by atoms with Gasteiger partial charge in [0.2, 0.25) is 0 Å². The fourth-order valence-corrected chi connectivity index (χ4v) is 8.38. The standard InChI is InChI=1S/C51H36N2/c1-51(2)45-23-13-22-43(49(45)44-30-37-18-9-10-19-38(37)31-46(44)51)48-32-47(52-50(53-48)36-16-7-4-8-17-36)35-26-24-34(25-27-35)40-29-28-39(33-14-5-3-6-15-33)41-20-11-12-21-42(40)41/h3-32H,1-2H3. The van der Waals surface area contributed by atoms with Crippen LogP contribution in [-0.4, -0.2) is 9.97 Å². The number of hydrogen-bond acceptors (Lipinski definition) is 2. The summed E-state index contributed by atoms with van der Waals surface area (Å²) in [4.78, 5) is 10.5. The van der Waals surface area contributed by atoms with Gasteiger partial charge in [-0.05, 0) is 84.3 Å². The van der Waals surface area contributed by atoms with Crippen LogP contribution in [-0.2, 0) is 5.41 Å². The van der Waals surface area contributed by atoms with Crippen LogP contribution in [0.1, 0.15) is 25.0 Å². The number of fused-ring (bicyclic) bond motifs is 5. The van der Waals surface area contributed by atoms with Crippen LogP contribution < -0.4 is 0 Å². The lowest BCUT2D eigenvalue weighted by Gasteiger charge is -2.22. The maximum absolute atomic E-state index is 5.28. The van der Waals surface area contributed by atoms with Gasteiger partial charge in [0, 0.05) is 22.1 Å². The predicted octanol–water partition coefficient (Wildman–Crippen LogP) is 13.4. The first-order chi connectivity index (χ1) is 26.0. The molecule has 0 bridgehead atoms. The van der Waals surface area contributed by atoms with E-state index in [0.29, 0.717) is 0 Å². The molecule has 1 heterocycles. The lowest BCUT2D eigenvalue weighted by molar-refractivity contribution is 0.661. The van der Waals surface area contributed by atoms with E-state index in [4.69, 9.17) is 9.97 Å². The summed E-state index contributed by atoms with van der Waals surface area (Å²) in [6, 6.07) is 65.4. The zero-order chi connectivity index (χ0) is 35.5. The third kappa shape index (κ3) is 5.18. The van der Waals surface area contributed by atoms with Crippen molar-refractivity contribution >= 4 is 21.5 Å². The van der Waals surface area contributed by atoms with Gasteiger partial charge in [0.05, 0.1) is 11.4 Å². The SMILES string of the molecule is CC1(C)c2cc3ccccc3cc2-c2c(-c3cc(-c4ccc(-c5ccc(-c6ccccc6)c6ccccc56)cc4)nc(-c4ccccc4)n3)cccc21. The van der Waals surface area contributed by atoms with Crippen molar-refractivity contribution in [3.63, 3.8) is 0 Å². The smallest absolute Gasteiger partial charge is 0.160 e. The van der Waals surface area contributed by atoms with Crippen molar-refractivity contribution in [1.29, 1.82) is 0 Å². The highest BCUT2D eigenvalue weighted by Crippen LogP contribution is 2.53. The van der Waals surface area contributed by atoms with Gasteiger partial charge in [0.1, 0.15) is 0 Å². The average molecular weight is 677 g/mol. The van der Waals surface area contributed by atoms with Crippen molar-refractivity contribution in [3.05, 3.63) is 193 Å². The van der Waals surface area contributed by atoms with Gasteiger partial charge in [-0.25, -0.2) is 9.97 Å². The molecule has 0 spiro atoms. The predicted molar refractivity (Wildman–Crippen MR) is 222 cm³/mol. The van der Waals surface area contributed by atoms with Gasteiger partial charge in [-0.3, -0.25) is 0 Å². The first-order valence-corrected chi connectivity index (χ1v) is 18.3. The largest absolute Gasteiger partial charge is 0.228 e. The summed E-state index contributed by atoms with van der Waals surface area (Å²) < 4.78 is 0. The maximum atomic E-state index is 5.28. The molecule has 1 aliphatic carbocycles. The summed E-state index contributed by atoms with van der Waals surface area (Å²) in [6.45, 7) is 4.69. The van der Waals surface area contributed by atoms with Gasteiger partial charge in [0.15, 0.2) is 5.82 Å². The molecule has 10 rings (SSSR count). The van der Waals surface area contributed by atoms with Gasteiger partial charge in [-0.2, -0.15) is 0 Å². The van der Waals surface area contributed by atoms with Crippen molar-refractivity contribution in [2.45, 2.75) is 19.3 Å². The van der Waals surface area contributed by atoms with Crippen LogP contribution >= 0.6 is 0 Å². The molecule has 250 valence electrons. The number of nitrogens with zero attached hydrogens (tertiary/aromatic N) is 2. The Morgan fingerprint density at radius 3 is 1.58 bits per heavy atom. The molecule has 0 radical (unpaired) electrons. The van der Waals surface area contributed by atoms with E-state index in [1.165, 1.54) is 66.1 Å². The van der Waals surface area contributed by atoms with E-state index in [0.717, 1.165) is 33.9 Å². The van der Waals surface area contributed by atoms with E-state index in [9.17, 15) is 0 Å². The van der Waals surface area contributed by atoms with Crippen molar-refractivity contribution < 1.29 is 0 Å². The molecule has 2 heteroatoms. The summed E-state index contributed by atoms with van der Waals surface area (Å²) in [5, 5.41) is 5.01. The lowest BCUT2D eigenvalue weighted by atomic mass is 9.81. The highest BCUT2D eigenvalue weighted by atomic mass is 14.9. The number of hydrogen-bond donors (Lipinski definition) is 0. The average Bonchev–Trinajstić information content (AvgIpc) is 3.45. The van der Waals surface area contributed by atoms with Crippen molar-refractivity contribution in [3.8, 4) is 67.3 Å². The zero-order valence-corrected chi connectivity index (χ0v) is 29.7. The molecule has 0 amide bonds. The molecule has 0 saturated carbocycles. The summed E-state index contributed by atoms with van der Waals surface area (Å²) in [5.41, 5.74) is 15.0. The topological polar surface area (TPSA) is 25.8 Å². The van der Waals surface area contributed by atoms with Gasteiger partial charge >= 0.3 is 0 Å². The first kappa shape index (κ1) is 31.1. The van der Waals surface area contributed by atoms with Crippen LogP contribution in [0.2, 0.25) is 0 Å². The molecule has 0 atom stereocenters. The van der Waals surface area contributed by atoms with Crippen LogP contribution in [0.3, 0.4) is 0 Å². The van der Waals surface area contributed by atoms with Gasteiger partial charge < -0.3 is 0 Å². The molecule has 2 nitrogen and oxygen atoms in total. The minimum atomic E-state index is -0.137. The Morgan fingerprint density at radius 2 is 0.906 bits per heavy atom. The van der Waals surface area contributed by atoms with E-state index < -0.39 is 0 Å². The number of rotatable bonds is 5. The Morgan fingerprint density at radius 1 is 0.358 bits per heavy atom. The van der Waals surface area contributed by atoms with E-state index >= 15 is 0 Å². The summed E-state index contributed by atoms with van der Waals surface area (Å²) in [5.74, 6) is 0.721. The van der Waals surface area contributed by atoms with Gasteiger partial charge in [-0.15, -0.1) is 0 Å². The quantitative estimate of drug-likeness (QED) is 0.181. The highest BCUT2D eigenvalue weighted by Gasteiger charge is 2.37. The molecule has 53 heavy (non-hydrogen) atoms. The molecule has 1 aliphatic rings.